The number of benzene rings is 1. The molecule has 1 atom stereocenters. The molecule has 70 valence electrons. The summed E-state index contributed by atoms with van der Waals surface area (Å²) in [5.41, 5.74) is 1.06. The molecule has 2 nitrogen and oxygen atoms in total. The van der Waals surface area contributed by atoms with Gasteiger partial charge in [0, 0.05) is 10.0 Å². The van der Waals surface area contributed by atoms with Gasteiger partial charge in [-0.3, -0.25) is 0 Å². The first-order chi connectivity index (χ1) is 6.15. The van der Waals surface area contributed by atoms with Crippen LogP contribution in [0, 0.1) is 0 Å². The summed E-state index contributed by atoms with van der Waals surface area (Å²) in [6, 6.07) is 5.93. The lowest BCUT2D eigenvalue weighted by Crippen LogP contribution is -2.03. The van der Waals surface area contributed by atoms with Crippen LogP contribution in [0.4, 0.5) is 0 Å². The molecule has 2 rings (SSSR count). The molecular formula is C10H11BrO2. The number of hydrogen-bond acceptors (Lipinski definition) is 2. The lowest BCUT2D eigenvalue weighted by Gasteiger charge is -2.10. The molecule has 1 saturated heterocycles. The summed E-state index contributed by atoms with van der Waals surface area (Å²) in [5.74, 6) is 0.870. The fraction of sp³-hybridized carbons (Fsp3) is 0.400. The van der Waals surface area contributed by atoms with Crippen molar-refractivity contribution >= 4 is 15.9 Å². The van der Waals surface area contributed by atoms with Crippen LogP contribution in [0.1, 0.15) is 12.5 Å². The first-order valence-corrected chi connectivity index (χ1v) is 4.93. The van der Waals surface area contributed by atoms with Gasteiger partial charge in [-0.25, -0.2) is 0 Å². The van der Waals surface area contributed by atoms with Crippen LogP contribution in [0.3, 0.4) is 0 Å². The highest BCUT2D eigenvalue weighted by Crippen LogP contribution is 2.42. The molecule has 0 radical (unpaired) electrons. The summed E-state index contributed by atoms with van der Waals surface area (Å²) in [7, 11) is 1.67. The second-order valence-electron chi connectivity index (χ2n) is 3.37. The third-order valence-corrected chi connectivity index (χ3v) is 3.01. The molecule has 1 aromatic rings. The minimum atomic E-state index is -0.104. The minimum absolute atomic E-state index is 0.104. The molecule has 0 aliphatic carbocycles. The highest BCUT2D eigenvalue weighted by atomic mass is 79.9. The van der Waals surface area contributed by atoms with Gasteiger partial charge in [0.1, 0.15) is 11.4 Å². The van der Waals surface area contributed by atoms with E-state index in [0.29, 0.717) is 0 Å². The average molecular weight is 243 g/mol. The van der Waals surface area contributed by atoms with Crippen molar-refractivity contribution in [3.8, 4) is 5.75 Å². The van der Waals surface area contributed by atoms with Crippen LogP contribution >= 0.6 is 15.9 Å². The molecule has 0 saturated carbocycles. The summed E-state index contributed by atoms with van der Waals surface area (Å²) in [4.78, 5) is 0. The Kier molecular flexibility index (Phi) is 2.08. The molecule has 1 aromatic carbocycles. The molecule has 0 spiro atoms. The van der Waals surface area contributed by atoms with Crippen molar-refractivity contribution in [2.75, 3.05) is 13.7 Å². The maximum atomic E-state index is 5.38. The Morgan fingerprint density at radius 3 is 2.77 bits per heavy atom. The number of methoxy groups -OCH3 is 1. The normalized spacial score (nSPS) is 25.8. The zero-order valence-corrected chi connectivity index (χ0v) is 9.22. The molecule has 1 fully saturated rings. The van der Waals surface area contributed by atoms with Crippen LogP contribution in [0.15, 0.2) is 22.7 Å². The molecular weight excluding hydrogens is 232 g/mol. The van der Waals surface area contributed by atoms with Crippen LogP contribution in [0.2, 0.25) is 0 Å². The SMILES string of the molecule is COc1ccc(Br)c(C2(C)CO2)c1. The third-order valence-electron chi connectivity index (χ3n) is 2.32. The summed E-state index contributed by atoms with van der Waals surface area (Å²) in [6.45, 7) is 2.87. The van der Waals surface area contributed by atoms with Crippen molar-refractivity contribution in [2.45, 2.75) is 12.5 Å². The van der Waals surface area contributed by atoms with E-state index in [-0.39, 0.29) is 5.60 Å². The van der Waals surface area contributed by atoms with E-state index in [9.17, 15) is 0 Å². The van der Waals surface area contributed by atoms with E-state index in [1.165, 1.54) is 0 Å². The summed E-state index contributed by atoms with van der Waals surface area (Å²) < 4.78 is 11.6. The van der Waals surface area contributed by atoms with Gasteiger partial charge in [0.2, 0.25) is 0 Å². The number of halogens is 1. The van der Waals surface area contributed by atoms with Crippen molar-refractivity contribution in [2.24, 2.45) is 0 Å². The molecule has 1 aliphatic heterocycles. The highest BCUT2D eigenvalue weighted by Gasteiger charge is 2.42. The largest absolute Gasteiger partial charge is 0.497 e. The predicted octanol–water partition coefficient (Wildman–Crippen LogP) is 2.70. The zero-order valence-electron chi connectivity index (χ0n) is 7.63. The van der Waals surface area contributed by atoms with Crippen LogP contribution in [0.5, 0.6) is 5.75 Å². The van der Waals surface area contributed by atoms with Gasteiger partial charge in [-0.15, -0.1) is 0 Å². The van der Waals surface area contributed by atoms with Crippen molar-refractivity contribution in [3.05, 3.63) is 28.2 Å². The second-order valence-corrected chi connectivity index (χ2v) is 4.22. The van der Waals surface area contributed by atoms with Crippen molar-refractivity contribution in [3.63, 3.8) is 0 Å². The molecule has 1 heterocycles. The Hall–Kier alpha value is -0.540. The first kappa shape index (κ1) is 9.03. The first-order valence-electron chi connectivity index (χ1n) is 4.14. The van der Waals surface area contributed by atoms with Gasteiger partial charge >= 0.3 is 0 Å². The molecule has 3 heteroatoms. The van der Waals surface area contributed by atoms with E-state index in [4.69, 9.17) is 9.47 Å². The lowest BCUT2D eigenvalue weighted by atomic mass is 10.0. The number of epoxide rings is 1. The van der Waals surface area contributed by atoms with Crippen LogP contribution in [-0.2, 0) is 10.3 Å². The number of hydrogen-bond donors (Lipinski definition) is 0. The quantitative estimate of drug-likeness (QED) is 0.745. The van der Waals surface area contributed by atoms with Gasteiger partial charge in [0.15, 0.2) is 0 Å². The van der Waals surface area contributed by atoms with Crippen molar-refractivity contribution < 1.29 is 9.47 Å². The molecule has 0 amide bonds. The van der Waals surface area contributed by atoms with Crippen LogP contribution in [-0.4, -0.2) is 13.7 Å². The van der Waals surface area contributed by atoms with Gasteiger partial charge in [-0.2, -0.15) is 0 Å². The van der Waals surface area contributed by atoms with E-state index >= 15 is 0 Å². The molecule has 13 heavy (non-hydrogen) atoms. The van der Waals surface area contributed by atoms with Gasteiger partial charge in [-0.1, -0.05) is 15.9 Å². The Balaban J connectivity index is 2.43. The lowest BCUT2D eigenvalue weighted by molar-refractivity contribution is 0.327. The number of ether oxygens (including phenoxy) is 2. The van der Waals surface area contributed by atoms with E-state index < -0.39 is 0 Å². The standard InChI is InChI=1S/C10H11BrO2/c1-10(6-13-10)8-5-7(12-2)3-4-9(8)11/h3-5H,6H2,1-2H3. The summed E-state index contributed by atoms with van der Waals surface area (Å²) in [6.07, 6.45) is 0. The van der Waals surface area contributed by atoms with E-state index in [0.717, 1.165) is 22.4 Å². The highest BCUT2D eigenvalue weighted by molar-refractivity contribution is 9.10. The average Bonchev–Trinajstić information content (AvgIpc) is 2.86. The maximum Gasteiger partial charge on any atom is 0.119 e. The predicted molar refractivity (Wildman–Crippen MR) is 54.0 cm³/mol. The molecule has 0 N–H and O–H groups in total. The molecule has 1 unspecified atom stereocenters. The Morgan fingerprint density at radius 2 is 2.23 bits per heavy atom. The fourth-order valence-corrected chi connectivity index (χ4v) is 1.97. The van der Waals surface area contributed by atoms with Gasteiger partial charge < -0.3 is 9.47 Å². The van der Waals surface area contributed by atoms with Gasteiger partial charge in [0.05, 0.1) is 13.7 Å². The van der Waals surface area contributed by atoms with Crippen molar-refractivity contribution in [1.29, 1.82) is 0 Å². The zero-order chi connectivity index (χ0) is 9.47. The van der Waals surface area contributed by atoms with E-state index in [2.05, 4.69) is 22.9 Å². The number of rotatable bonds is 2. The molecule has 1 aliphatic rings. The monoisotopic (exact) mass is 242 g/mol. The van der Waals surface area contributed by atoms with Crippen LogP contribution < -0.4 is 4.74 Å². The minimum Gasteiger partial charge on any atom is -0.497 e. The fourth-order valence-electron chi connectivity index (χ4n) is 1.30. The topological polar surface area (TPSA) is 21.8 Å². The van der Waals surface area contributed by atoms with E-state index in [1.807, 2.05) is 18.2 Å². The van der Waals surface area contributed by atoms with Crippen LogP contribution in [0.25, 0.3) is 0 Å². The second kappa shape index (κ2) is 3.00. The van der Waals surface area contributed by atoms with Crippen molar-refractivity contribution in [1.82, 2.24) is 0 Å². The summed E-state index contributed by atoms with van der Waals surface area (Å²) >= 11 is 3.50. The Bertz CT molecular complexity index is 332. The third kappa shape index (κ3) is 1.58. The summed E-state index contributed by atoms with van der Waals surface area (Å²) in [5, 5.41) is 0. The maximum absolute atomic E-state index is 5.38. The Morgan fingerprint density at radius 1 is 1.54 bits per heavy atom. The molecule has 0 aromatic heterocycles. The smallest absolute Gasteiger partial charge is 0.119 e. The van der Waals surface area contributed by atoms with Gasteiger partial charge in [0.25, 0.3) is 0 Å². The van der Waals surface area contributed by atoms with E-state index in [1.54, 1.807) is 7.11 Å². The molecule has 0 bridgehead atoms. The Labute approximate surface area is 86.0 Å². The van der Waals surface area contributed by atoms with Gasteiger partial charge in [-0.05, 0) is 25.1 Å².